The van der Waals surface area contributed by atoms with E-state index in [1.807, 2.05) is 0 Å². The van der Waals surface area contributed by atoms with E-state index >= 15 is 0 Å². The van der Waals surface area contributed by atoms with Crippen molar-refractivity contribution in [3.63, 3.8) is 0 Å². The third kappa shape index (κ3) is 4.77. The smallest absolute Gasteiger partial charge is 0.251 e. The van der Waals surface area contributed by atoms with Gasteiger partial charge in [0.25, 0.3) is 5.91 Å². The topological polar surface area (TPSA) is 96.9 Å². The summed E-state index contributed by atoms with van der Waals surface area (Å²) in [5, 5.41) is 14.6. The number of nitrogens with one attached hydrogen (secondary N) is 2. The Hall–Kier alpha value is -2.28. The average Bonchev–Trinajstić information content (AvgIpc) is 2.45. The van der Waals surface area contributed by atoms with Crippen LogP contribution in [0.25, 0.3) is 0 Å². The van der Waals surface area contributed by atoms with E-state index in [9.17, 15) is 14.7 Å². The van der Waals surface area contributed by atoms with Gasteiger partial charge in [-0.1, -0.05) is 0 Å². The summed E-state index contributed by atoms with van der Waals surface area (Å²) in [5.41, 5.74) is 0.244. The van der Waals surface area contributed by atoms with Gasteiger partial charge < -0.3 is 25.2 Å². The van der Waals surface area contributed by atoms with E-state index < -0.39 is 5.91 Å². The first kappa shape index (κ1) is 15.8. The molecule has 110 valence electrons. The number of carbonyl (C=O) groups excluding carboxylic acids is 2. The fourth-order valence-electron chi connectivity index (χ4n) is 1.45. The molecule has 20 heavy (non-hydrogen) atoms. The standard InChI is InChI=1S/C13H18N2O5/c1-19-6-5-14-12(17)8-15-13(18)9-3-4-11(20-2)10(16)7-9/h3-4,7,16H,5-6,8H2,1-2H3,(H,14,17)(H,15,18). The highest BCUT2D eigenvalue weighted by Gasteiger charge is 2.10. The second kappa shape index (κ2) is 8.00. The van der Waals surface area contributed by atoms with Crippen molar-refractivity contribution in [1.29, 1.82) is 0 Å². The van der Waals surface area contributed by atoms with Crippen molar-refractivity contribution in [2.24, 2.45) is 0 Å². The minimum atomic E-state index is -0.454. The van der Waals surface area contributed by atoms with Gasteiger partial charge >= 0.3 is 0 Å². The number of carbonyl (C=O) groups is 2. The lowest BCUT2D eigenvalue weighted by molar-refractivity contribution is -0.120. The molecule has 0 unspecified atom stereocenters. The Morgan fingerprint density at radius 2 is 2.00 bits per heavy atom. The molecule has 0 saturated carbocycles. The molecule has 0 saturated heterocycles. The zero-order chi connectivity index (χ0) is 15.0. The SMILES string of the molecule is COCCNC(=O)CNC(=O)c1ccc(OC)c(O)c1. The third-order valence-corrected chi connectivity index (χ3v) is 2.48. The number of amides is 2. The summed E-state index contributed by atoms with van der Waals surface area (Å²) in [7, 11) is 2.95. The monoisotopic (exact) mass is 282 g/mol. The molecular weight excluding hydrogens is 264 g/mol. The molecule has 0 bridgehead atoms. The molecule has 7 heteroatoms. The van der Waals surface area contributed by atoms with Gasteiger partial charge in [-0.3, -0.25) is 9.59 Å². The van der Waals surface area contributed by atoms with Gasteiger partial charge in [-0.25, -0.2) is 0 Å². The highest BCUT2D eigenvalue weighted by molar-refractivity contribution is 5.97. The lowest BCUT2D eigenvalue weighted by Crippen LogP contribution is -2.38. The van der Waals surface area contributed by atoms with E-state index in [-0.39, 0.29) is 29.5 Å². The quantitative estimate of drug-likeness (QED) is 0.606. The number of phenols is 1. The zero-order valence-corrected chi connectivity index (χ0v) is 11.4. The second-order valence-electron chi connectivity index (χ2n) is 3.91. The number of aromatic hydroxyl groups is 1. The van der Waals surface area contributed by atoms with Crippen LogP contribution in [0.2, 0.25) is 0 Å². The fourth-order valence-corrected chi connectivity index (χ4v) is 1.45. The predicted octanol–water partition coefficient (Wildman–Crippen LogP) is -0.107. The Bertz CT molecular complexity index is 476. The van der Waals surface area contributed by atoms with Crippen molar-refractivity contribution in [3.8, 4) is 11.5 Å². The molecule has 1 rings (SSSR count). The lowest BCUT2D eigenvalue weighted by Gasteiger charge is -2.08. The van der Waals surface area contributed by atoms with E-state index in [0.717, 1.165) is 0 Å². The number of methoxy groups -OCH3 is 2. The fraction of sp³-hybridized carbons (Fsp3) is 0.385. The Labute approximate surface area is 116 Å². The number of hydrogen-bond acceptors (Lipinski definition) is 5. The van der Waals surface area contributed by atoms with Crippen LogP contribution in [0.15, 0.2) is 18.2 Å². The van der Waals surface area contributed by atoms with Crippen LogP contribution in [-0.4, -0.2) is 50.8 Å². The highest BCUT2D eigenvalue weighted by Crippen LogP contribution is 2.25. The molecule has 1 aromatic rings. The normalized spacial score (nSPS) is 9.90. The van der Waals surface area contributed by atoms with Crippen molar-refractivity contribution in [3.05, 3.63) is 23.8 Å². The number of phenolic OH excluding ortho intramolecular Hbond substituents is 1. The van der Waals surface area contributed by atoms with E-state index in [0.29, 0.717) is 13.2 Å². The van der Waals surface area contributed by atoms with Crippen LogP contribution in [0, 0.1) is 0 Å². The Morgan fingerprint density at radius 3 is 2.60 bits per heavy atom. The van der Waals surface area contributed by atoms with Crippen molar-refractivity contribution >= 4 is 11.8 Å². The summed E-state index contributed by atoms with van der Waals surface area (Å²) in [6.45, 7) is 0.649. The van der Waals surface area contributed by atoms with Gasteiger partial charge in [-0.2, -0.15) is 0 Å². The molecule has 0 aliphatic carbocycles. The minimum absolute atomic E-state index is 0.135. The first-order valence-electron chi connectivity index (χ1n) is 5.99. The molecule has 1 aromatic carbocycles. The van der Waals surface area contributed by atoms with Gasteiger partial charge in [-0.15, -0.1) is 0 Å². The summed E-state index contributed by atoms with van der Waals surface area (Å²) in [4.78, 5) is 23.1. The van der Waals surface area contributed by atoms with E-state index in [4.69, 9.17) is 9.47 Å². The van der Waals surface area contributed by atoms with E-state index in [1.165, 1.54) is 32.4 Å². The number of rotatable bonds is 7. The van der Waals surface area contributed by atoms with Gasteiger partial charge in [0.15, 0.2) is 11.5 Å². The predicted molar refractivity (Wildman–Crippen MR) is 71.9 cm³/mol. The second-order valence-corrected chi connectivity index (χ2v) is 3.91. The summed E-state index contributed by atoms with van der Waals surface area (Å²) >= 11 is 0. The van der Waals surface area contributed by atoms with E-state index in [2.05, 4.69) is 10.6 Å². The molecule has 0 aliphatic heterocycles. The Morgan fingerprint density at radius 1 is 1.25 bits per heavy atom. The largest absolute Gasteiger partial charge is 0.504 e. The molecule has 7 nitrogen and oxygen atoms in total. The zero-order valence-electron chi connectivity index (χ0n) is 11.4. The molecule has 0 radical (unpaired) electrons. The average molecular weight is 282 g/mol. The summed E-state index contributed by atoms with van der Waals surface area (Å²) in [6, 6.07) is 4.25. The minimum Gasteiger partial charge on any atom is -0.504 e. The number of hydrogen-bond donors (Lipinski definition) is 3. The molecule has 0 spiro atoms. The highest BCUT2D eigenvalue weighted by atomic mass is 16.5. The molecule has 3 N–H and O–H groups in total. The molecule has 0 aliphatic rings. The van der Waals surface area contributed by atoms with Gasteiger partial charge in [-0.05, 0) is 18.2 Å². The van der Waals surface area contributed by atoms with Crippen LogP contribution >= 0.6 is 0 Å². The maximum Gasteiger partial charge on any atom is 0.251 e. The van der Waals surface area contributed by atoms with Crippen LogP contribution < -0.4 is 15.4 Å². The van der Waals surface area contributed by atoms with Crippen LogP contribution in [0.3, 0.4) is 0 Å². The summed E-state index contributed by atoms with van der Waals surface area (Å²) in [5.74, 6) is -0.624. The maximum atomic E-state index is 11.8. The van der Waals surface area contributed by atoms with Gasteiger partial charge in [0, 0.05) is 19.2 Å². The van der Waals surface area contributed by atoms with E-state index in [1.54, 1.807) is 0 Å². The van der Waals surface area contributed by atoms with Gasteiger partial charge in [0.2, 0.25) is 5.91 Å². The first-order valence-corrected chi connectivity index (χ1v) is 5.99. The molecule has 0 fully saturated rings. The van der Waals surface area contributed by atoms with Crippen LogP contribution in [0.4, 0.5) is 0 Å². The Kier molecular flexibility index (Phi) is 6.31. The molecule has 0 atom stereocenters. The number of benzene rings is 1. The Balaban J connectivity index is 2.46. The first-order chi connectivity index (χ1) is 9.58. The van der Waals surface area contributed by atoms with Crippen molar-refractivity contribution in [2.45, 2.75) is 0 Å². The van der Waals surface area contributed by atoms with Crippen LogP contribution in [0.5, 0.6) is 11.5 Å². The van der Waals surface area contributed by atoms with Gasteiger partial charge in [0.1, 0.15) is 0 Å². The number of ether oxygens (including phenoxy) is 2. The maximum absolute atomic E-state index is 11.8. The molecule has 2 amide bonds. The summed E-state index contributed by atoms with van der Waals surface area (Å²) in [6.07, 6.45) is 0. The molecule has 0 heterocycles. The molecular formula is C13H18N2O5. The van der Waals surface area contributed by atoms with Gasteiger partial charge in [0.05, 0.1) is 20.3 Å². The van der Waals surface area contributed by atoms with Crippen LogP contribution in [-0.2, 0) is 9.53 Å². The van der Waals surface area contributed by atoms with Crippen LogP contribution in [0.1, 0.15) is 10.4 Å². The van der Waals surface area contributed by atoms with Crippen molar-refractivity contribution < 1.29 is 24.2 Å². The third-order valence-electron chi connectivity index (χ3n) is 2.48. The van der Waals surface area contributed by atoms with Crippen molar-refractivity contribution in [1.82, 2.24) is 10.6 Å². The summed E-state index contributed by atoms with van der Waals surface area (Å²) < 4.78 is 9.66. The molecule has 0 aromatic heterocycles. The lowest BCUT2D eigenvalue weighted by atomic mass is 10.2. The van der Waals surface area contributed by atoms with Crippen molar-refractivity contribution in [2.75, 3.05) is 33.9 Å².